The van der Waals surface area contributed by atoms with Crippen LogP contribution in [0, 0.1) is 5.92 Å². The first-order valence-electron chi connectivity index (χ1n) is 11.2. The van der Waals surface area contributed by atoms with Crippen LogP contribution in [0.2, 0.25) is 0 Å². The quantitative estimate of drug-likeness (QED) is 0.451. The molecule has 180 valence electrons. The summed E-state index contributed by atoms with van der Waals surface area (Å²) in [6.45, 7) is 1.91. The van der Waals surface area contributed by atoms with Crippen molar-refractivity contribution in [2.24, 2.45) is 5.92 Å². The smallest absolute Gasteiger partial charge is 0.408 e. The fourth-order valence-corrected chi connectivity index (χ4v) is 4.66. The summed E-state index contributed by atoms with van der Waals surface area (Å²) in [5, 5.41) is 19.2. The number of likely N-dealkylation sites (tertiary alicyclic amines) is 1. The summed E-state index contributed by atoms with van der Waals surface area (Å²) >= 11 is 0. The number of carbonyl (C=O) groups excluding carboxylic acids is 2. The van der Waals surface area contributed by atoms with E-state index < -0.39 is 36.0 Å². The fraction of sp³-hybridized carbons (Fsp3) is 0.375. The Bertz CT molecular complexity index is 997. The number of piperazine rings is 1. The van der Waals surface area contributed by atoms with Crippen molar-refractivity contribution in [1.29, 1.82) is 0 Å². The van der Waals surface area contributed by atoms with Crippen molar-refractivity contribution in [3.63, 3.8) is 0 Å². The highest BCUT2D eigenvalue weighted by Gasteiger charge is 2.48. The molecule has 0 saturated carbocycles. The lowest BCUT2D eigenvalue weighted by molar-refractivity contribution is -0.150. The van der Waals surface area contributed by atoms with Crippen molar-refractivity contribution >= 4 is 23.6 Å². The van der Waals surface area contributed by atoms with E-state index in [0.717, 1.165) is 10.6 Å². The molecule has 2 unspecified atom stereocenters. The molecule has 2 aromatic carbocycles. The molecule has 0 radical (unpaired) electrons. The van der Waals surface area contributed by atoms with Crippen LogP contribution in [0.3, 0.4) is 0 Å². The first-order chi connectivity index (χ1) is 16.5. The lowest BCUT2D eigenvalue weighted by Crippen LogP contribution is -2.64. The molecule has 2 saturated heterocycles. The number of benzene rings is 2. The Kier molecular flexibility index (Phi) is 7.17. The Balaban J connectivity index is 1.50. The first-order valence-corrected chi connectivity index (χ1v) is 11.2. The molecule has 10 heteroatoms. The van der Waals surface area contributed by atoms with Gasteiger partial charge in [-0.2, -0.15) is 0 Å². The monoisotopic (exact) mass is 468 g/mol. The Morgan fingerprint density at radius 1 is 0.912 bits per heavy atom. The molecule has 2 aliphatic rings. The van der Waals surface area contributed by atoms with Crippen molar-refractivity contribution in [3.05, 3.63) is 60.7 Å². The normalized spacial score (nSPS) is 22.7. The van der Waals surface area contributed by atoms with E-state index in [1.807, 2.05) is 36.4 Å². The standard InChI is InChI=1S/C24H28N4O6/c29-22(25-33)20-15-19(34-18-9-5-2-6-10-18)16-28(24(31)32)21(20)23(30)27-13-11-26(12-14-27)17-7-3-1-4-8-17/h1-10,19-21,33H,11-16H2,(H,25,29)(H,31,32)/t19-,20?,21?/m0/s1. The SMILES string of the molecule is O=C(NO)C1C[C@H](Oc2ccccc2)CN(C(=O)O)C1C(=O)N1CCN(c2ccccc2)CC1. The molecule has 10 nitrogen and oxygen atoms in total. The number of anilines is 1. The fourth-order valence-electron chi connectivity index (χ4n) is 4.66. The molecular weight excluding hydrogens is 440 g/mol. The molecular formula is C24H28N4O6. The third-order valence-corrected chi connectivity index (χ3v) is 6.34. The van der Waals surface area contributed by atoms with Gasteiger partial charge in [-0.05, 0) is 24.3 Å². The second-order valence-corrected chi connectivity index (χ2v) is 8.40. The average Bonchev–Trinajstić information content (AvgIpc) is 2.88. The summed E-state index contributed by atoms with van der Waals surface area (Å²) < 4.78 is 5.90. The van der Waals surface area contributed by atoms with Gasteiger partial charge in [0.1, 0.15) is 17.9 Å². The van der Waals surface area contributed by atoms with Crippen molar-refractivity contribution in [1.82, 2.24) is 15.3 Å². The molecule has 34 heavy (non-hydrogen) atoms. The maximum Gasteiger partial charge on any atom is 0.408 e. The summed E-state index contributed by atoms with van der Waals surface area (Å²) in [5.41, 5.74) is 2.66. The van der Waals surface area contributed by atoms with Gasteiger partial charge in [0.05, 0.1) is 12.5 Å². The van der Waals surface area contributed by atoms with Crippen LogP contribution in [0.4, 0.5) is 10.5 Å². The number of amides is 3. The summed E-state index contributed by atoms with van der Waals surface area (Å²) in [6, 6.07) is 17.4. The van der Waals surface area contributed by atoms with E-state index in [4.69, 9.17) is 4.74 Å². The summed E-state index contributed by atoms with van der Waals surface area (Å²) in [7, 11) is 0. The largest absolute Gasteiger partial charge is 0.489 e. The van der Waals surface area contributed by atoms with E-state index in [9.17, 15) is 24.7 Å². The Morgan fingerprint density at radius 3 is 2.12 bits per heavy atom. The molecule has 2 aromatic rings. The number of hydroxylamine groups is 1. The molecule has 0 spiro atoms. The van der Waals surface area contributed by atoms with Gasteiger partial charge < -0.3 is 19.6 Å². The highest BCUT2D eigenvalue weighted by Crippen LogP contribution is 2.29. The molecule has 0 aliphatic carbocycles. The van der Waals surface area contributed by atoms with Crippen molar-refractivity contribution in [3.8, 4) is 5.75 Å². The predicted octanol–water partition coefficient (Wildman–Crippen LogP) is 1.66. The summed E-state index contributed by atoms with van der Waals surface area (Å²) in [6.07, 6.45) is -1.89. The van der Waals surface area contributed by atoms with E-state index in [0.29, 0.717) is 31.9 Å². The van der Waals surface area contributed by atoms with Crippen LogP contribution < -0.4 is 15.1 Å². The molecule has 3 N–H and O–H groups in total. The van der Waals surface area contributed by atoms with Crippen LogP contribution in [0.1, 0.15) is 6.42 Å². The molecule has 2 fully saturated rings. The van der Waals surface area contributed by atoms with E-state index in [1.54, 1.807) is 34.6 Å². The molecule has 0 bridgehead atoms. The van der Waals surface area contributed by atoms with Crippen LogP contribution in [0.15, 0.2) is 60.7 Å². The molecule has 0 aromatic heterocycles. The highest BCUT2D eigenvalue weighted by molar-refractivity contribution is 5.92. The van der Waals surface area contributed by atoms with Gasteiger partial charge in [0.25, 0.3) is 0 Å². The number of para-hydroxylation sites is 2. The minimum atomic E-state index is -1.32. The summed E-state index contributed by atoms with van der Waals surface area (Å²) in [5.74, 6) is -1.82. The number of carbonyl (C=O) groups is 3. The Morgan fingerprint density at radius 2 is 1.53 bits per heavy atom. The molecule has 3 amide bonds. The van der Waals surface area contributed by atoms with Gasteiger partial charge in [-0.3, -0.25) is 19.7 Å². The van der Waals surface area contributed by atoms with Crippen molar-refractivity contribution in [2.75, 3.05) is 37.6 Å². The lowest BCUT2D eigenvalue weighted by atomic mass is 9.86. The van der Waals surface area contributed by atoms with Gasteiger partial charge >= 0.3 is 6.09 Å². The summed E-state index contributed by atoms with van der Waals surface area (Å²) in [4.78, 5) is 42.9. The van der Waals surface area contributed by atoms with Crippen LogP contribution in [0.5, 0.6) is 5.75 Å². The minimum absolute atomic E-state index is 0.0696. The average molecular weight is 469 g/mol. The van der Waals surface area contributed by atoms with Gasteiger partial charge in [-0.25, -0.2) is 10.3 Å². The first kappa shape index (κ1) is 23.4. The molecule has 4 rings (SSSR count). The van der Waals surface area contributed by atoms with Crippen molar-refractivity contribution in [2.45, 2.75) is 18.6 Å². The van der Waals surface area contributed by atoms with Crippen LogP contribution in [0.25, 0.3) is 0 Å². The molecule has 2 heterocycles. The second kappa shape index (κ2) is 10.4. The number of hydrogen-bond donors (Lipinski definition) is 3. The van der Waals surface area contributed by atoms with E-state index in [1.165, 1.54) is 0 Å². The van der Waals surface area contributed by atoms with Gasteiger partial charge in [0, 0.05) is 38.3 Å². The van der Waals surface area contributed by atoms with Gasteiger partial charge in [-0.1, -0.05) is 36.4 Å². The number of piperidine rings is 1. The number of nitrogens with zero attached hydrogens (tertiary/aromatic N) is 3. The van der Waals surface area contributed by atoms with E-state index >= 15 is 0 Å². The van der Waals surface area contributed by atoms with Gasteiger partial charge in [0.15, 0.2) is 0 Å². The lowest BCUT2D eigenvalue weighted by Gasteiger charge is -2.44. The molecule has 2 aliphatic heterocycles. The zero-order valence-corrected chi connectivity index (χ0v) is 18.6. The van der Waals surface area contributed by atoms with Crippen LogP contribution in [-0.4, -0.2) is 82.9 Å². The Labute approximate surface area is 197 Å². The number of hydrogen-bond acceptors (Lipinski definition) is 6. The zero-order valence-electron chi connectivity index (χ0n) is 18.6. The van der Waals surface area contributed by atoms with E-state index in [2.05, 4.69) is 4.90 Å². The van der Waals surface area contributed by atoms with Crippen molar-refractivity contribution < 1.29 is 29.4 Å². The van der Waals surface area contributed by atoms with E-state index in [-0.39, 0.29) is 13.0 Å². The minimum Gasteiger partial charge on any atom is -0.489 e. The second-order valence-electron chi connectivity index (χ2n) is 8.40. The predicted molar refractivity (Wildman–Crippen MR) is 123 cm³/mol. The number of carboxylic acid groups (broad SMARTS) is 1. The van der Waals surface area contributed by atoms with Gasteiger partial charge in [-0.15, -0.1) is 0 Å². The topological polar surface area (TPSA) is 123 Å². The number of rotatable bonds is 5. The maximum absolute atomic E-state index is 13.5. The van der Waals surface area contributed by atoms with Gasteiger partial charge in [0.2, 0.25) is 11.8 Å². The zero-order chi connectivity index (χ0) is 24.1. The maximum atomic E-state index is 13.5. The van der Waals surface area contributed by atoms with Crippen LogP contribution in [-0.2, 0) is 9.59 Å². The third kappa shape index (κ3) is 5.07. The highest BCUT2D eigenvalue weighted by atomic mass is 16.5. The Hall–Kier alpha value is -3.79. The van der Waals surface area contributed by atoms with Crippen LogP contribution >= 0.6 is 0 Å². The number of ether oxygens (including phenoxy) is 1. The molecule has 3 atom stereocenters. The number of nitrogens with one attached hydrogen (secondary N) is 1. The third-order valence-electron chi connectivity index (χ3n) is 6.34.